The number of hydrogen-bond acceptors (Lipinski definition) is 3. The fraction of sp³-hybridized carbons (Fsp3) is 0.778. The average Bonchev–Trinajstić information content (AvgIpc) is 2.43. The Morgan fingerprint density at radius 2 is 2.14 bits per heavy atom. The number of esters is 1. The number of ether oxygens (including phenoxy) is 1. The second-order valence-corrected chi connectivity index (χ2v) is 6.85. The van der Waals surface area contributed by atoms with Crippen molar-refractivity contribution in [2.45, 2.75) is 59.3 Å². The average molecular weight is 290 g/mol. The van der Waals surface area contributed by atoms with E-state index in [1.165, 1.54) is 6.42 Å². The van der Waals surface area contributed by atoms with E-state index in [-0.39, 0.29) is 11.9 Å². The third-order valence-electron chi connectivity index (χ3n) is 5.33. The largest absolute Gasteiger partial charge is 0.466 e. The van der Waals surface area contributed by atoms with E-state index in [9.17, 15) is 9.59 Å². The standard InChI is InChI=1S/C18H26O3/c1-4-21-17(20)10-8-6-5-7-9-14-15-11-13(12-16(14)19)18(15,2)3/h13-15H,4,6,8-12H2,1-3H3/t13-,14-,15+/m0/s1. The molecule has 2 bridgehead atoms. The van der Waals surface area contributed by atoms with Gasteiger partial charge in [-0.1, -0.05) is 13.8 Å². The number of fused-ring (bicyclic) bond motifs is 2. The second kappa shape index (κ2) is 6.64. The van der Waals surface area contributed by atoms with Crippen molar-refractivity contribution in [3.05, 3.63) is 0 Å². The van der Waals surface area contributed by atoms with Gasteiger partial charge in [-0.15, -0.1) is 11.8 Å². The molecule has 0 amide bonds. The van der Waals surface area contributed by atoms with E-state index in [1.54, 1.807) is 0 Å². The molecule has 0 heterocycles. The van der Waals surface area contributed by atoms with Crippen LogP contribution in [-0.2, 0) is 14.3 Å². The molecule has 0 spiro atoms. The van der Waals surface area contributed by atoms with E-state index in [0.717, 1.165) is 12.8 Å². The van der Waals surface area contributed by atoms with Gasteiger partial charge in [0.1, 0.15) is 5.78 Å². The van der Waals surface area contributed by atoms with Crippen LogP contribution >= 0.6 is 0 Å². The number of carbonyl (C=O) groups excluding carboxylic acids is 2. The van der Waals surface area contributed by atoms with Gasteiger partial charge >= 0.3 is 5.97 Å². The van der Waals surface area contributed by atoms with E-state index in [1.807, 2.05) is 6.92 Å². The van der Waals surface area contributed by atoms with E-state index in [2.05, 4.69) is 25.7 Å². The Balaban J connectivity index is 1.72. The summed E-state index contributed by atoms with van der Waals surface area (Å²) in [6, 6.07) is 0. The predicted octanol–water partition coefficient (Wildman–Crippen LogP) is 3.36. The Morgan fingerprint density at radius 3 is 2.81 bits per heavy atom. The number of hydrogen-bond donors (Lipinski definition) is 0. The first kappa shape index (κ1) is 16.1. The number of unbranched alkanes of at least 4 members (excludes halogenated alkanes) is 1. The van der Waals surface area contributed by atoms with Crippen molar-refractivity contribution in [1.82, 2.24) is 0 Å². The van der Waals surface area contributed by atoms with Crippen molar-refractivity contribution in [3.8, 4) is 11.8 Å². The summed E-state index contributed by atoms with van der Waals surface area (Å²) in [6.07, 6.45) is 4.52. The van der Waals surface area contributed by atoms with E-state index in [0.29, 0.717) is 48.9 Å². The van der Waals surface area contributed by atoms with Crippen molar-refractivity contribution in [2.75, 3.05) is 6.61 Å². The van der Waals surface area contributed by atoms with Gasteiger partial charge in [-0.2, -0.15) is 0 Å². The molecule has 3 rings (SSSR count). The number of Topliss-reactive ketones (excluding diaryl/α,β-unsaturated/α-hetero) is 1. The van der Waals surface area contributed by atoms with E-state index < -0.39 is 0 Å². The molecule has 0 aromatic carbocycles. The molecule has 3 aliphatic rings. The molecular weight excluding hydrogens is 264 g/mol. The molecule has 0 aromatic heterocycles. The zero-order chi connectivity index (χ0) is 15.5. The lowest BCUT2D eigenvalue weighted by Gasteiger charge is -2.59. The molecule has 3 heteroatoms. The highest BCUT2D eigenvalue weighted by Crippen LogP contribution is 2.60. The van der Waals surface area contributed by atoms with Crippen LogP contribution in [0.25, 0.3) is 0 Å². The SMILES string of the molecule is CCOC(=O)CCCC#CC[C@@H]1C(=O)C[C@@H]2C[C@H]1C2(C)C. The number of carbonyl (C=O) groups is 2. The first-order valence-corrected chi connectivity index (χ1v) is 8.10. The monoisotopic (exact) mass is 290 g/mol. The molecule has 116 valence electrons. The minimum absolute atomic E-state index is 0.141. The van der Waals surface area contributed by atoms with Gasteiger partial charge in [0, 0.05) is 31.6 Å². The molecule has 3 aliphatic carbocycles. The quantitative estimate of drug-likeness (QED) is 0.443. The fourth-order valence-corrected chi connectivity index (χ4v) is 3.78. The first-order chi connectivity index (χ1) is 9.96. The predicted molar refractivity (Wildman–Crippen MR) is 81.4 cm³/mol. The Morgan fingerprint density at radius 1 is 1.38 bits per heavy atom. The molecule has 0 aromatic rings. The van der Waals surface area contributed by atoms with Crippen LogP contribution in [-0.4, -0.2) is 18.4 Å². The van der Waals surface area contributed by atoms with Gasteiger partial charge in [-0.25, -0.2) is 0 Å². The Bertz CT molecular complexity index is 467. The van der Waals surface area contributed by atoms with Gasteiger partial charge < -0.3 is 4.74 Å². The minimum atomic E-state index is -0.149. The molecule has 3 saturated carbocycles. The van der Waals surface area contributed by atoms with Crippen LogP contribution in [0.1, 0.15) is 59.3 Å². The summed E-state index contributed by atoms with van der Waals surface area (Å²) in [5, 5.41) is 0. The Kier molecular flexibility index (Phi) is 5.08. The van der Waals surface area contributed by atoms with Crippen molar-refractivity contribution in [1.29, 1.82) is 0 Å². The van der Waals surface area contributed by atoms with Crippen molar-refractivity contribution >= 4 is 11.8 Å². The highest BCUT2D eigenvalue weighted by molar-refractivity contribution is 5.84. The van der Waals surface area contributed by atoms with Gasteiger partial charge in [0.15, 0.2) is 0 Å². The van der Waals surface area contributed by atoms with Crippen LogP contribution in [0, 0.1) is 35.0 Å². The third kappa shape index (κ3) is 3.48. The van der Waals surface area contributed by atoms with Crippen molar-refractivity contribution < 1.29 is 14.3 Å². The molecule has 21 heavy (non-hydrogen) atoms. The maximum Gasteiger partial charge on any atom is 0.305 e. The van der Waals surface area contributed by atoms with Crippen molar-refractivity contribution in [2.24, 2.45) is 23.2 Å². The smallest absolute Gasteiger partial charge is 0.305 e. The molecule has 0 unspecified atom stereocenters. The summed E-state index contributed by atoms with van der Waals surface area (Å²) in [6.45, 7) is 6.83. The maximum absolute atomic E-state index is 12.1. The van der Waals surface area contributed by atoms with Crippen molar-refractivity contribution in [3.63, 3.8) is 0 Å². The van der Waals surface area contributed by atoms with Crippen LogP contribution in [0.5, 0.6) is 0 Å². The van der Waals surface area contributed by atoms with Gasteiger partial charge in [0.25, 0.3) is 0 Å². The number of rotatable bonds is 5. The zero-order valence-electron chi connectivity index (χ0n) is 13.4. The summed E-state index contributed by atoms with van der Waals surface area (Å²) < 4.78 is 4.87. The maximum atomic E-state index is 12.1. The molecule has 3 atom stereocenters. The summed E-state index contributed by atoms with van der Waals surface area (Å²) in [7, 11) is 0. The number of ketones is 1. The van der Waals surface area contributed by atoms with Gasteiger partial charge in [0.2, 0.25) is 0 Å². The van der Waals surface area contributed by atoms with Crippen LogP contribution in [0.2, 0.25) is 0 Å². The van der Waals surface area contributed by atoms with Crippen LogP contribution in [0.15, 0.2) is 0 Å². The zero-order valence-corrected chi connectivity index (χ0v) is 13.4. The van der Waals surface area contributed by atoms with Crippen LogP contribution < -0.4 is 0 Å². The lowest BCUT2D eigenvalue weighted by molar-refractivity contribution is -0.154. The summed E-state index contributed by atoms with van der Waals surface area (Å²) in [4.78, 5) is 23.2. The Labute approximate surface area is 127 Å². The minimum Gasteiger partial charge on any atom is -0.466 e. The van der Waals surface area contributed by atoms with Crippen LogP contribution in [0.3, 0.4) is 0 Å². The molecule has 0 aliphatic heterocycles. The topological polar surface area (TPSA) is 43.4 Å². The highest BCUT2D eigenvalue weighted by Gasteiger charge is 2.57. The molecule has 0 N–H and O–H groups in total. The van der Waals surface area contributed by atoms with Gasteiger partial charge in [-0.05, 0) is 37.0 Å². The summed E-state index contributed by atoms with van der Waals surface area (Å²) in [5.74, 6) is 7.80. The normalized spacial score (nSPS) is 29.1. The molecule has 3 fully saturated rings. The highest BCUT2D eigenvalue weighted by atomic mass is 16.5. The summed E-state index contributed by atoms with van der Waals surface area (Å²) >= 11 is 0. The lowest BCUT2D eigenvalue weighted by atomic mass is 9.45. The Hall–Kier alpha value is -1.30. The fourth-order valence-electron chi connectivity index (χ4n) is 3.78. The lowest BCUT2D eigenvalue weighted by Crippen LogP contribution is -2.55. The third-order valence-corrected chi connectivity index (χ3v) is 5.33. The molecule has 3 nitrogen and oxygen atoms in total. The first-order valence-electron chi connectivity index (χ1n) is 8.10. The van der Waals surface area contributed by atoms with E-state index >= 15 is 0 Å². The van der Waals surface area contributed by atoms with Crippen LogP contribution in [0.4, 0.5) is 0 Å². The summed E-state index contributed by atoms with van der Waals surface area (Å²) in [5.41, 5.74) is 0.324. The molecule has 0 radical (unpaired) electrons. The van der Waals surface area contributed by atoms with Gasteiger partial charge in [-0.3, -0.25) is 9.59 Å². The molecular formula is C18H26O3. The van der Waals surface area contributed by atoms with Gasteiger partial charge in [0.05, 0.1) is 6.61 Å². The van der Waals surface area contributed by atoms with E-state index in [4.69, 9.17) is 4.74 Å². The second-order valence-electron chi connectivity index (χ2n) is 6.85. The molecule has 0 saturated heterocycles.